The Bertz CT molecular complexity index is 2360. The first-order valence-electron chi connectivity index (χ1n) is 19.6. The molecule has 1 aliphatic carbocycles. The normalized spacial score (nSPS) is 15.8. The van der Waals surface area contributed by atoms with E-state index in [1.807, 2.05) is 91.0 Å². The van der Waals surface area contributed by atoms with Crippen LogP contribution in [-0.4, -0.2) is 85.3 Å². The van der Waals surface area contributed by atoms with Crippen molar-refractivity contribution in [2.24, 2.45) is 0 Å². The van der Waals surface area contributed by atoms with Gasteiger partial charge in [0.2, 0.25) is 0 Å². The maximum Gasteiger partial charge on any atom is 0.157 e. The molecule has 1 saturated carbocycles. The molecule has 0 bridgehead atoms. The number of H-pyrrole nitrogens is 2. The smallest absolute Gasteiger partial charge is 0.157 e. The van der Waals surface area contributed by atoms with Crippen LogP contribution in [0.25, 0.3) is 45.1 Å². The van der Waals surface area contributed by atoms with E-state index in [2.05, 4.69) is 72.0 Å². The molecule has 5 heterocycles. The van der Waals surface area contributed by atoms with E-state index >= 15 is 0 Å². The molecule has 3 aromatic carbocycles. The zero-order chi connectivity index (χ0) is 39.0. The van der Waals surface area contributed by atoms with Gasteiger partial charge in [-0.15, -0.1) is 0 Å². The minimum absolute atomic E-state index is 0.617. The van der Waals surface area contributed by atoms with Crippen molar-refractivity contribution in [2.45, 2.75) is 50.2 Å². The zero-order valence-corrected chi connectivity index (χ0v) is 34.8. The molecule has 57 heavy (non-hydrogen) atoms. The van der Waals surface area contributed by atoms with Crippen molar-refractivity contribution in [1.82, 2.24) is 40.1 Å². The average Bonchev–Trinajstić information content (AvgIpc) is 4.02. The molecule has 0 amide bonds. The van der Waals surface area contributed by atoms with Gasteiger partial charge in [0, 0.05) is 64.7 Å². The average molecular weight is 895 g/mol. The fraction of sp³-hybridized carbons (Fsp3) is 0.318. The van der Waals surface area contributed by atoms with Crippen molar-refractivity contribution in [3.63, 3.8) is 0 Å². The third-order valence-electron chi connectivity index (χ3n) is 10.7. The first-order chi connectivity index (χ1) is 27.9. The molecule has 0 spiro atoms. The van der Waals surface area contributed by atoms with Crippen LogP contribution >= 0.6 is 31.9 Å². The summed E-state index contributed by atoms with van der Waals surface area (Å²) < 4.78 is 13.6. The highest BCUT2D eigenvalue weighted by Crippen LogP contribution is 2.33. The highest BCUT2D eigenvalue weighted by atomic mass is 79.9. The number of aromatic amines is 2. The summed E-state index contributed by atoms with van der Waals surface area (Å²) in [7, 11) is 0. The number of imidazole rings is 2. The second kappa shape index (κ2) is 18.3. The van der Waals surface area contributed by atoms with E-state index in [1.54, 1.807) is 12.4 Å². The Hall–Kier alpha value is -4.66. The van der Waals surface area contributed by atoms with Crippen molar-refractivity contribution in [3.05, 3.63) is 118 Å². The maximum atomic E-state index is 11.0. The molecule has 7 aromatic rings. The first kappa shape index (κ1) is 39.2. The number of aliphatic hydroxyl groups is 1. The number of nitrogens with one attached hydrogen (secondary N) is 3. The van der Waals surface area contributed by atoms with Crippen LogP contribution < -0.4 is 14.8 Å². The maximum absolute atomic E-state index is 11.0. The van der Waals surface area contributed by atoms with Crippen LogP contribution in [0.15, 0.2) is 112 Å². The molecule has 1 aliphatic heterocycles. The van der Waals surface area contributed by atoms with Gasteiger partial charge < -0.3 is 29.9 Å². The van der Waals surface area contributed by atoms with Gasteiger partial charge in [-0.25, -0.2) is 19.9 Å². The van der Waals surface area contributed by atoms with E-state index in [4.69, 9.17) is 9.47 Å². The monoisotopic (exact) mass is 892 g/mol. The molecule has 1 saturated heterocycles. The molecule has 294 valence electrons. The quantitative estimate of drug-likeness (QED) is 0.0886. The van der Waals surface area contributed by atoms with Gasteiger partial charge in [0.1, 0.15) is 47.4 Å². The van der Waals surface area contributed by atoms with Gasteiger partial charge in [-0.2, -0.15) is 0 Å². The van der Waals surface area contributed by atoms with Gasteiger partial charge in [-0.05, 0) is 124 Å². The molecule has 0 unspecified atom stereocenters. The number of nitrogens with zero attached hydrogens (tertiary/aromatic N) is 5. The van der Waals surface area contributed by atoms with Crippen LogP contribution in [0.2, 0.25) is 0 Å². The van der Waals surface area contributed by atoms with Crippen LogP contribution in [0.4, 0.5) is 0 Å². The number of aromatic nitrogens is 6. The Balaban J connectivity index is 0.000000165. The van der Waals surface area contributed by atoms with Gasteiger partial charge in [-0.3, -0.25) is 4.90 Å². The second-order valence-electron chi connectivity index (χ2n) is 14.6. The second-order valence-corrected chi connectivity index (χ2v) is 16.5. The molecule has 0 atom stereocenters. The lowest BCUT2D eigenvalue weighted by molar-refractivity contribution is -0.0278. The van der Waals surface area contributed by atoms with Crippen LogP contribution in [0.3, 0.4) is 0 Å². The molecule has 2 aliphatic rings. The van der Waals surface area contributed by atoms with Crippen LogP contribution in [0.5, 0.6) is 11.5 Å². The SMILES string of the molecule is Brc1cnc2[nH]c(-c3ccc(OCCNC4CCCC4)cc3)nc2c1.OC1(c2ccccc2)CCN(CCOc2ccc(-c3nc4cc(Br)cnc4[nH]3)cc2)CC1. The molecule has 4 N–H and O–H groups in total. The summed E-state index contributed by atoms with van der Waals surface area (Å²) in [5.41, 5.74) is 5.55. The minimum atomic E-state index is -0.712. The first-order valence-corrected chi connectivity index (χ1v) is 21.2. The van der Waals surface area contributed by atoms with E-state index in [1.165, 1.54) is 25.7 Å². The molecule has 13 heteroatoms. The molecular weight excluding hydrogens is 848 g/mol. The van der Waals surface area contributed by atoms with Crippen LogP contribution in [0, 0.1) is 0 Å². The Morgan fingerprint density at radius 3 is 1.79 bits per heavy atom. The number of piperidine rings is 1. The Kier molecular flexibility index (Phi) is 12.6. The predicted octanol–water partition coefficient (Wildman–Crippen LogP) is 9.05. The summed E-state index contributed by atoms with van der Waals surface area (Å²) in [5.74, 6) is 3.32. The largest absolute Gasteiger partial charge is 0.492 e. The zero-order valence-electron chi connectivity index (χ0n) is 31.6. The van der Waals surface area contributed by atoms with Gasteiger partial charge in [0.05, 0.1) is 5.60 Å². The van der Waals surface area contributed by atoms with Crippen molar-refractivity contribution in [2.75, 3.05) is 39.4 Å². The number of hydrogen-bond acceptors (Lipinski definition) is 9. The van der Waals surface area contributed by atoms with Crippen molar-refractivity contribution in [1.29, 1.82) is 0 Å². The Morgan fingerprint density at radius 2 is 1.25 bits per heavy atom. The molecule has 9 rings (SSSR count). The third-order valence-corrected chi connectivity index (χ3v) is 11.6. The molecule has 2 fully saturated rings. The number of fused-ring (bicyclic) bond motifs is 2. The van der Waals surface area contributed by atoms with Crippen molar-refractivity contribution < 1.29 is 14.6 Å². The van der Waals surface area contributed by atoms with E-state index in [0.29, 0.717) is 19.3 Å². The summed E-state index contributed by atoms with van der Waals surface area (Å²) in [6.45, 7) is 4.78. The summed E-state index contributed by atoms with van der Waals surface area (Å²) in [6, 6.07) is 30.5. The third kappa shape index (κ3) is 10.1. The summed E-state index contributed by atoms with van der Waals surface area (Å²) in [5, 5.41) is 14.5. The van der Waals surface area contributed by atoms with Crippen molar-refractivity contribution in [3.8, 4) is 34.3 Å². The number of likely N-dealkylation sites (tertiary alicyclic amines) is 1. The van der Waals surface area contributed by atoms with E-state index in [0.717, 1.165) is 110 Å². The fourth-order valence-electron chi connectivity index (χ4n) is 7.47. The molecule has 4 aromatic heterocycles. The van der Waals surface area contributed by atoms with Gasteiger partial charge >= 0.3 is 0 Å². The summed E-state index contributed by atoms with van der Waals surface area (Å²) in [6.07, 6.45) is 10.3. The van der Waals surface area contributed by atoms with Gasteiger partial charge in [-0.1, -0.05) is 43.2 Å². The van der Waals surface area contributed by atoms with Gasteiger partial charge in [0.25, 0.3) is 0 Å². The van der Waals surface area contributed by atoms with E-state index < -0.39 is 5.60 Å². The summed E-state index contributed by atoms with van der Waals surface area (Å²) in [4.78, 5) is 26.7. The van der Waals surface area contributed by atoms with E-state index in [9.17, 15) is 5.11 Å². The molecular formula is C44H46Br2N8O3. The highest BCUT2D eigenvalue weighted by Gasteiger charge is 2.33. The minimum Gasteiger partial charge on any atom is -0.492 e. The number of ether oxygens (including phenoxy) is 2. The number of hydrogen-bond donors (Lipinski definition) is 4. The highest BCUT2D eigenvalue weighted by molar-refractivity contribution is 9.10. The number of benzene rings is 3. The Morgan fingerprint density at radius 1 is 0.719 bits per heavy atom. The van der Waals surface area contributed by atoms with E-state index in [-0.39, 0.29) is 0 Å². The predicted molar refractivity (Wildman–Crippen MR) is 231 cm³/mol. The lowest BCUT2D eigenvalue weighted by atomic mass is 9.84. The van der Waals surface area contributed by atoms with Crippen LogP contribution in [0.1, 0.15) is 44.1 Å². The number of rotatable bonds is 12. The van der Waals surface area contributed by atoms with Crippen LogP contribution in [-0.2, 0) is 5.60 Å². The standard InChI is InChI=1S/C25H25BrN4O2.C19H21BrN4O/c26-20-16-22-24(27-17-20)29-23(28-22)18-6-8-21(9-7-18)32-15-14-30-12-10-25(31,11-13-30)19-4-2-1-3-5-19;20-14-11-17-19(22-12-14)24-18(23-17)13-5-7-16(8-6-13)25-10-9-21-15-3-1-2-4-15/h1-9,16-17,31H,10-15H2,(H,27,28,29);5-8,11-12,15,21H,1-4,9-10H2,(H,22,23,24). The van der Waals surface area contributed by atoms with Crippen molar-refractivity contribution >= 4 is 54.2 Å². The topological polar surface area (TPSA) is 137 Å². The number of pyridine rings is 2. The molecule has 0 radical (unpaired) electrons. The fourth-order valence-corrected chi connectivity index (χ4v) is 8.11. The lowest BCUT2D eigenvalue weighted by Crippen LogP contribution is -2.43. The Labute approximate surface area is 348 Å². The van der Waals surface area contributed by atoms with Gasteiger partial charge in [0.15, 0.2) is 11.3 Å². The number of halogens is 2. The molecule has 11 nitrogen and oxygen atoms in total. The summed E-state index contributed by atoms with van der Waals surface area (Å²) >= 11 is 6.85. The lowest BCUT2D eigenvalue weighted by Gasteiger charge is -2.38.